The average molecular weight is 562 g/mol. The van der Waals surface area contributed by atoms with E-state index in [1.807, 2.05) is 12.1 Å². The van der Waals surface area contributed by atoms with Gasteiger partial charge in [0.1, 0.15) is 6.54 Å². The molecular formula is C25H22F3N5O5S. The van der Waals surface area contributed by atoms with Crippen molar-refractivity contribution in [2.75, 3.05) is 30.9 Å². The maximum absolute atomic E-state index is 13.8. The number of aliphatic hydroxyl groups is 1. The number of hydrogen-bond donors (Lipinski definition) is 2. The van der Waals surface area contributed by atoms with Gasteiger partial charge in [0.25, 0.3) is 0 Å². The number of nitrogens with one attached hydrogen (secondary N) is 1. The molecule has 2 aromatic rings. The Morgan fingerprint density at radius 1 is 1.15 bits per heavy atom. The second-order valence-corrected chi connectivity index (χ2v) is 10.5. The summed E-state index contributed by atoms with van der Waals surface area (Å²) >= 11 is 0. The molecule has 204 valence electrons. The summed E-state index contributed by atoms with van der Waals surface area (Å²) in [4.78, 5) is 27.8. The van der Waals surface area contributed by atoms with E-state index in [2.05, 4.69) is 5.32 Å². The molecule has 0 saturated heterocycles. The molecule has 1 aliphatic rings. The molecule has 0 bridgehead atoms. The lowest BCUT2D eigenvalue weighted by atomic mass is 9.92. The number of aliphatic hydroxyl groups excluding tert-OH is 1. The molecule has 1 aliphatic heterocycles. The summed E-state index contributed by atoms with van der Waals surface area (Å²) < 4.78 is 65.6. The fourth-order valence-corrected chi connectivity index (χ4v) is 5.11. The van der Waals surface area contributed by atoms with Crippen LogP contribution in [0, 0.1) is 22.7 Å². The summed E-state index contributed by atoms with van der Waals surface area (Å²) in [5.41, 5.74) is -1.68. The van der Waals surface area contributed by atoms with Crippen molar-refractivity contribution in [3.63, 3.8) is 0 Å². The van der Waals surface area contributed by atoms with Gasteiger partial charge in [-0.05, 0) is 42.8 Å². The number of rotatable bonds is 7. The number of alkyl halides is 3. The normalized spacial score (nSPS) is 16.1. The van der Waals surface area contributed by atoms with E-state index in [1.165, 1.54) is 25.1 Å². The zero-order chi connectivity index (χ0) is 29.1. The van der Waals surface area contributed by atoms with Crippen molar-refractivity contribution < 1.29 is 36.3 Å². The van der Waals surface area contributed by atoms with Crippen LogP contribution in [0.15, 0.2) is 58.6 Å². The number of carbonyl (C=O) groups is 2. The highest BCUT2D eigenvalue weighted by Crippen LogP contribution is 2.42. The van der Waals surface area contributed by atoms with Crippen LogP contribution in [0.25, 0.3) is 0 Å². The molecule has 14 heteroatoms. The third kappa shape index (κ3) is 6.03. The third-order valence-electron chi connectivity index (χ3n) is 5.88. The Balaban J connectivity index is 2.32. The van der Waals surface area contributed by atoms with Gasteiger partial charge in [0.2, 0.25) is 5.91 Å². The van der Waals surface area contributed by atoms with Crippen LogP contribution in [0.5, 0.6) is 0 Å². The highest BCUT2D eigenvalue weighted by Gasteiger charge is 2.43. The van der Waals surface area contributed by atoms with Gasteiger partial charge in [-0.2, -0.15) is 23.7 Å². The van der Waals surface area contributed by atoms with E-state index in [4.69, 9.17) is 5.11 Å². The predicted octanol–water partition coefficient (Wildman–Crippen LogP) is 2.87. The molecule has 2 aromatic carbocycles. The summed E-state index contributed by atoms with van der Waals surface area (Å²) in [6.45, 7) is -0.0125. The number of nitriles is 2. The van der Waals surface area contributed by atoms with E-state index in [9.17, 15) is 41.7 Å². The summed E-state index contributed by atoms with van der Waals surface area (Å²) in [6, 6.07) is 8.70. The van der Waals surface area contributed by atoms with Gasteiger partial charge in [-0.3, -0.25) is 9.69 Å². The van der Waals surface area contributed by atoms with Crippen LogP contribution < -0.4 is 10.2 Å². The van der Waals surface area contributed by atoms with Gasteiger partial charge < -0.3 is 15.3 Å². The number of anilines is 1. The first-order chi connectivity index (χ1) is 18.2. The number of halogens is 3. The quantitative estimate of drug-likeness (QED) is 0.527. The van der Waals surface area contributed by atoms with Gasteiger partial charge in [0.05, 0.1) is 52.1 Å². The summed E-state index contributed by atoms with van der Waals surface area (Å²) in [5.74, 6) is -0.780. The number of nitrogens with zero attached hydrogens (tertiary/aromatic N) is 4. The number of benzene rings is 2. The molecule has 1 atom stereocenters. The fraction of sp³-hybridized carbons (Fsp3) is 0.280. The molecule has 10 nitrogen and oxygen atoms in total. The largest absolute Gasteiger partial charge is 0.416 e. The van der Waals surface area contributed by atoms with Crippen LogP contribution in [0.2, 0.25) is 0 Å². The Hall–Kier alpha value is -4.40. The maximum Gasteiger partial charge on any atom is 0.416 e. The Labute approximate surface area is 222 Å². The SMILES string of the molecule is CC1=C(C#N)C(c2ccc(C#N)cc2S(C)(=O)=O)N(CC(=O)NCCO)C(=O)N1c1cccc(C(F)(F)F)c1. The van der Waals surface area contributed by atoms with Crippen LogP contribution in [0.4, 0.5) is 23.7 Å². The van der Waals surface area contributed by atoms with Crippen molar-refractivity contribution in [1.82, 2.24) is 10.2 Å². The number of carbonyl (C=O) groups excluding carboxylic acids is 2. The Bertz CT molecular complexity index is 1540. The molecule has 2 N–H and O–H groups in total. The van der Waals surface area contributed by atoms with Crippen molar-refractivity contribution in [2.24, 2.45) is 0 Å². The maximum atomic E-state index is 13.8. The molecule has 0 fully saturated rings. The first-order valence-electron chi connectivity index (χ1n) is 11.2. The zero-order valence-corrected chi connectivity index (χ0v) is 21.5. The van der Waals surface area contributed by atoms with Crippen LogP contribution in [0.3, 0.4) is 0 Å². The van der Waals surface area contributed by atoms with Crippen LogP contribution >= 0.6 is 0 Å². The second-order valence-electron chi connectivity index (χ2n) is 8.52. The highest BCUT2D eigenvalue weighted by molar-refractivity contribution is 7.90. The van der Waals surface area contributed by atoms with Crippen molar-refractivity contribution in [2.45, 2.75) is 24.0 Å². The topological polar surface area (TPSA) is 155 Å². The summed E-state index contributed by atoms with van der Waals surface area (Å²) in [5, 5.41) is 30.8. The number of urea groups is 1. The van der Waals surface area contributed by atoms with Gasteiger partial charge >= 0.3 is 12.2 Å². The van der Waals surface area contributed by atoms with Gasteiger partial charge in [0, 0.05) is 18.5 Å². The Morgan fingerprint density at radius 2 is 1.85 bits per heavy atom. The van der Waals surface area contributed by atoms with Crippen molar-refractivity contribution >= 4 is 27.5 Å². The lowest BCUT2D eigenvalue weighted by Gasteiger charge is -2.42. The third-order valence-corrected chi connectivity index (χ3v) is 7.04. The Morgan fingerprint density at radius 3 is 2.41 bits per heavy atom. The van der Waals surface area contributed by atoms with Gasteiger partial charge in [-0.1, -0.05) is 12.1 Å². The van der Waals surface area contributed by atoms with Crippen LogP contribution in [-0.4, -0.2) is 56.3 Å². The standard InChI is InChI=1S/C25H22F3N5O5S/c1-15-20(13-30)23(19-7-6-16(12-29)10-21(19)39(2,37)38)32(14-22(35)31-8-9-34)24(36)33(15)18-5-3-4-17(11-18)25(26,27)28/h3-7,10-11,23,34H,8-9,14H2,1-2H3,(H,31,35). The molecular weight excluding hydrogens is 539 g/mol. The van der Waals surface area contributed by atoms with Gasteiger partial charge in [-0.25, -0.2) is 13.2 Å². The number of sulfone groups is 1. The van der Waals surface area contributed by atoms with E-state index in [1.54, 1.807) is 0 Å². The van der Waals surface area contributed by atoms with Crippen molar-refractivity contribution in [1.29, 1.82) is 10.5 Å². The van der Waals surface area contributed by atoms with Crippen LogP contribution in [-0.2, 0) is 20.8 Å². The zero-order valence-electron chi connectivity index (χ0n) is 20.7. The second kappa shape index (κ2) is 11.1. The highest BCUT2D eigenvalue weighted by atomic mass is 32.2. The lowest BCUT2D eigenvalue weighted by Crippen LogP contribution is -2.53. The number of hydrogen-bond acceptors (Lipinski definition) is 7. The molecule has 0 aromatic heterocycles. The first-order valence-corrected chi connectivity index (χ1v) is 13.1. The molecule has 0 radical (unpaired) electrons. The molecule has 39 heavy (non-hydrogen) atoms. The van der Waals surface area contributed by atoms with Crippen molar-refractivity contribution in [3.05, 3.63) is 70.4 Å². The molecule has 3 rings (SSSR count). The van der Waals surface area contributed by atoms with E-state index < -0.39 is 52.7 Å². The number of allylic oxidation sites excluding steroid dienone is 1. The molecule has 1 heterocycles. The number of amides is 3. The minimum atomic E-state index is -4.73. The molecule has 3 amide bonds. The minimum Gasteiger partial charge on any atom is -0.395 e. The monoisotopic (exact) mass is 561 g/mol. The van der Waals surface area contributed by atoms with Crippen molar-refractivity contribution in [3.8, 4) is 12.1 Å². The first kappa shape index (κ1) is 29.2. The van der Waals surface area contributed by atoms with E-state index in [-0.39, 0.29) is 39.5 Å². The smallest absolute Gasteiger partial charge is 0.395 e. The summed E-state index contributed by atoms with van der Waals surface area (Å²) in [6.07, 6.45) is -3.86. The summed E-state index contributed by atoms with van der Waals surface area (Å²) in [7, 11) is -4.03. The predicted molar refractivity (Wildman–Crippen MR) is 131 cm³/mol. The van der Waals surface area contributed by atoms with Crippen LogP contribution in [0.1, 0.15) is 29.7 Å². The minimum absolute atomic E-state index is 0.0154. The average Bonchev–Trinajstić information content (AvgIpc) is 2.87. The molecule has 1 unspecified atom stereocenters. The van der Waals surface area contributed by atoms with E-state index in [0.29, 0.717) is 6.07 Å². The van der Waals surface area contributed by atoms with Gasteiger partial charge in [-0.15, -0.1) is 0 Å². The Kier molecular flexibility index (Phi) is 8.33. The molecule has 0 saturated carbocycles. The van der Waals surface area contributed by atoms with E-state index >= 15 is 0 Å². The van der Waals surface area contributed by atoms with E-state index in [0.717, 1.165) is 34.3 Å². The lowest BCUT2D eigenvalue weighted by molar-refractivity contribution is -0.137. The fourth-order valence-electron chi connectivity index (χ4n) is 4.16. The van der Waals surface area contributed by atoms with Gasteiger partial charge in [0.15, 0.2) is 9.84 Å². The molecule has 0 aliphatic carbocycles. The molecule has 0 spiro atoms.